The number of ether oxygens (including phenoxy) is 3. The van der Waals surface area contributed by atoms with Gasteiger partial charge in [0.15, 0.2) is 0 Å². The SMILES string of the molecule is COC(=O)N1c2ccc(OC)cc2C[C@H]1c1c[nH]c2ccc(OC)cc12. The number of hydrogen-bond acceptors (Lipinski definition) is 4. The third-order valence-corrected chi connectivity index (χ3v) is 4.92. The standard InChI is InChI=1S/C20H20N2O4/c1-24-13-5-7-18-12(8-13)9-19(22(18)20(23)26-3)16-11-21-17-6-4-14(25-2)10-15(16)17/h4-8,10-11,19,21H,9H2,1-3H3/t19-/m0/s1. The third kappa shape index (κ3) is 2.45. The summed E-state index contributed by atoms with van der Waals surface area (Å²) < 4.78 is 15.7. The lowest BCUT2D eigenvalue weighted by molar-refractivity contribution is 0.176. The molecule has 26 heavy (non-hydrogen) atoms. The number of carbonyl (C=O) groups excluding carboxylic acids is 1. The second-order valence-electron chi connectivity index (χ2n) is 6.21. The molecule has 3 aromatic rings. The molecule has 6 nitrogen and oxygen atoms in total. The first-order chi connectivity index (χ1) is 12.7. The van der Waals surface area contributed by atoms with Crippen LogP contribution in [0.3, 0.4) is 0 Å². The summed E-state index contributed by atoms with van der Waals surface area (Å²) in [5, 5.41) is 1.03. The Labute approximate surface area is 151 Å². The number of hydrogen-bond donors (Lipinski definition) is 1. The molecule has 6 heteroatoms. The molecule has 0 saturated heterocycles. The topological polar surface area (TPSA) is 63.8 Å². The quantitative estimate of drug-likeness (QED) is 0.772. The Morgan fingerprint density at radius 3 is 2.54 bits per heavy atom. The molecular weight excluding hydrogens is 332 g/mol. The van der Waals surface area contributed by atoms with E-state index in [4.69, 9.17) is 14.2 Å². The summed E-state index contributed by atoms with van der Waals surface area (Å²) in [6.45, 7) is 0. The summed E-state index contributed by atoms with van der Waals surface area (Å²) in [4.78, 5) is 17.5. The molecule has 4 rings (SSSR count). The van der Waals surface area contributed by atoms with E-state index in [0.29, 0.717) is 6.42 Å². The summed E-state index contributed by atoms with van der Waals surface area (Å²) in [5.74, 6) is 1.55. The number of carbonyl (C=O) groups is 1. The fourth-order valence-corrected chi connectivity index (χ4v) is 3.65. The van der Waals surface area contributed by atoms with Gasteiger partial charge in [-0.1, -0.05) is 0 Å². The largest absolute Gasteiger partial charge is 0.497 e. The van der Waals surface area contributed by atoms with Gasteiger partial charge in [0.1, 0.15) is 11.5 Å². The highest BCUT2D eigenvalue weighted by atomic mass is 16.5. The Hall–Kier alpha value is -3.15. The minimum absolute atomic E-state index is 0.162. The normalized spacial score (nSPS) is 15.8. The van der Waals surface area contributed by atoms with Crippen molar-refractivity contribution < 1.29 is 19.0 Å². The van der Waals surface area contributed by atoms with Crippen molar-refractivity contribution in [1.29, 1.82) is 0 Å². The lowest BCUT2D eigenvalue weighted by atomic mass is 10.0. The summed E-state index contributed by atoms with van der Waals surface area (Å²) >= 11 is 0. The first-order valence-electron chi connectivity index (χ1n) is 8.35. The number of H-pyrrole nitrogens is 1. The van der Waals surface area contributed by atoms with Crippen molar-refractivity contribution in [2.75, 3.05) is 26.2 Å². The Balaban J connectivity index is 1.84. The molecule has 0 bridgehead atoms. The fourth-order valence-electron chi connectivity index (χ4n) is 3.65. The minimum atomic E-state index is -0.379. The van der Waals surface area contributed by atoms with Crippen molar-refractivity contribution in [1.82, 2.24) is 4.98 Å². The number of nitrogens with one attached hydrogen (secondary N) is 1. The van der Waals surface area contributed by atoms with E-state index < -0.39 is 0 Å². The Kier molecular flexibility index (Phi) is 3.95. The van der Waals surface area contributed by atoms with Crippen LogP contribution in [-0.4, -0.2) is 32.4 Å². The molecule has 0 aliphatic carbocycles. The van der Waals surface area contributed by atoms with E-state index in [9.17, 15) is 4.79 Å². The number of aromatic amines is 1. The molecule has 1 atom stereocenters. The lowest BCUT2D eigenvalue weighted by Crippen LogP contribution is -2.31. The van der Waals surface area contributed by atoms with Crippen LogP contribution in [0.15, 0.2) is 42.6 Å². The average Bonchev–Trinajstić information content (AvgIpc) is 3.26. The van der Waals surface area contributed by atoms with E-state index in [1.165, 1.54) is 7.11 Å². The van der Waals surface area contributed by atoms with Crippen LogP contribution >= 0.6 is 0 Å². The smallest absolute Gasteiger partial charge is 0.414 e. The van der Waals surface area contributed by atoms with Gasteiger partial charge in [0.05, 0.1) is 33.1 Å². The number of nitrogens with zero attached hydrogens (tertiary/aromatic N) is 1. The Bertz CT molecular complexity index is 979. The van der Waals surface area contributed by atoms with E-state index in [0.717, 1.165) is 39.2 Å². The van der Waals surface area contributed by atoms with Crippen molar-refractivity contribution >= 4 is 22.7 Å². The highest BCUT2D eigenvalue weighted by Crippen LogP contribution is 2.44. The van der Waals surface area contributed by atoms with Gasteiger partial charge in [-0.15, -0.1) is 0 Å². The van der Waals surface area contributed by atoms with Gasteiger partial charge in [0.2, 0.25) is 0 Å². The van der Waals surface area contributed by atoms with Gasteiger partial charge in [-0.05, 0) is 48.4 Å². The van der Waals surface area contributed by atoms with Crippen LogP contribution in [-0.2, 0) is 11.2 Å². The summed E-state index contributed by atoms with van der Waals surface area (Å²) in [6, 6.07) is 11.4. The number of fused-ring (bicyclic) bond motifs is 2. The first-order valence-corrected chi connectivity index (χ1v) is 8.35. The summed E-state index contributed by atoms with van der Waals surface area (Å²) in [5.41, 5.74) is 3.93. The zero-order chi connectivity index (χ0) is 18.3. The van der Waals surface area contributed by atoms with Crippen LogP contribution in [0.5, 0.6) is 11.5 Å². The zero-order valence-corrected chi connectivity index (χ0v) is 14.9. The van der Waals surface area contributed by atoms with Gasteiger partial charge in [0, 0.05) is 22.7 Å². The van der Waals surface area contributed by atoms with Crippen molar-refractivity contribution in [3.63, 3.8) is 0 Å². The predicted octanol–water partition coefficient (Wildman–Crippen LogP) is 4.06. The van der Waals surface area contributed by atoms with Crippen LogP contribution < -0.4 is 14.4 Å². The molecule has 0 unspecified atom stereocenters. The number of amides is 1. The van der Waals surface area contributed by atoms with E-state index in [1.807, 2.05) is 42.6 Å². The molecule has 0 spiro atoms. The summed E-state index contributed by atoms with van der Waals surface area (Å²) in [6.07, 6.45) is 2.26. The van der Waals surface area contributed by atoms with Crippen LogP contribution in [0.4, 0.5) is 10.5 Å². The van der Waals surface area contributed by atoms with Gasteiger partial charge in [0.25, 0.3) is 0 Å². The van der Waals surface area contributed by atoms with Gasteiger partial charge < -0.3 is 19.2 Å². The lowest BCUT2D eigenvalue weighted by Gasteiger charge is -2.24. The van der Waals surface area contributed by atoms with Gasteiger partial charge >= 0.3 is 6.09 Å². The monoisotopic (exact) mass is 352 g/mol. The molecule has 1 aromatic heterocycles. The molecule has 0 saturated carbocycles. The molecular formula is C20H20N2O4. The molecule has 1 N–H and O–H groups in total. The number of anilines is 1. The molecule has 2 aromatic carbocycles. The maximum absolute atomic E-state index is 12.5. The second kappa shape index (κ2) is 6.29. The first kappa shape index (κ1) is 16.3. The van der Waals surface area contributed by atoms with Gasteiger partial charge in [-0.2, -0.15) is 0 Å². The van der Waals surface area contributed by atoms with Crippen molar-refractivity contribution in [2.24, 2.45) is 0 Å². The molecule has 0 radical (unpaired) electrons. The van der Waals surface area contributed by atoms with Gasteiger partial charge in [-0.3, -0.25) is 4.90 Å². The predicted molar refractivity (Wildman–Crippen MR) is 99.2 cm³/mol. The molecule has 0 fully saturated rings. The highest BCUT2D eigenvalue weighted by Gasteiger charge is 2.37. The van der Waals surface area contributed by atoms with E-state index in [1.54, 1.807) is 19.1 Å². The molecule has 1 aliphatic heterocycles. The zero-order valence-electron chi connectivity index (χ0n) is 14.9. The van der Waals surface area contributed by atoms with E-state index in [2.05, 4.69) is 4.98 Å². The summed E-state index contributed by atoms with van der Waals surface area (Å²) in [7, 11) is 4.68. The minimum Gasteiger partial charge on any atom is -0.497 e. The van der Waals surface area contributed by atoms with Crippen LogP contribution in [0, 0.1) is 0 Å². The average molecular weight is 352 g/mol. The second-order valence-corrected chi connectivity index (χ2v) is 6.21. The Morgan fingerprint density at radius 1 is 1.08 bits per heavy atom. The fraction of sp³-hybridized carbons (Fsp3) is 0.250. The van der Waals surface area contributed by atoms with Crippen LogP contribution in [0.1, 0.15) is 17.2 Å². The highest BCUT2D eigenvalue weighted by molar-refractivity contribution is 5.94. The number of benzene rings is 2. The van der Waals surface area contributed by atoms with E-state index in [-0.39, 0.29) is 12.1 Å². The molecule has 1 amide bonds. The van der Waals surface area contributed by atoms with Crippen molar-refractivity contribution in [2.45, 2.75) is 12.5 Å². The molecule has 134 valence electrons. The maximum atomic E-state index is 12.5. The molecule has 2 heterocycles. The Morgan fingerprint density at radius 2 is 1.81 bits per heavy atom. The number of rotatable bonds is 3. The van der Waals surface area contributed by atoms with Crippen molar-refractivity contribution in [3.05, 3.63) is 53.7 Å². The van der Waals surface area contributed by atoms with Crippen LogP contribution in [0.25, 0.3) is 10.9 Å². The third-order valence-electron chi connectivity index (χ3n) is 4.92. The maximum Gasteiger partial charge on any atom is 0.414 e. The molecule has 1 aliphatic rings. The number of aromatic nitrogens is 1. The number of methoxy groups -OCH3 is 3. The van der Waals surface area contributed by atoms with Gasteiger partial charge in [-0.25, -0.2) is 4.79 Å². The van der Waals surface area contributed by atoms with Crippen LogP contribution in [0.2, 0.25) is 0 Å². The van der Waals surface area contributed by atoms with Crippen molar-refractivity contribution in [3.8, 4) is 11.5 Å². The van der Waals surface area contributed by atoms with E-state index >= 15 is 0 Å².